The van der Waals surface area contributed by atoms with Crippen LogP contribution in [0.3, 0.4) is 0 Å². The fraction of sp³-hybridized carbons (Fsp3) is 0. The van der Waals surface area contributed by atoms with E-state index in [1.54, 1.807) is 5.16 Å². The van der Waals surface area contributed by atoms with Crippen LogP contribution in [0.1, 0.15) is 0 Å². The number of hydrogen-bond donors (Lipinski definition) is 6. The number of thiocarbonyl (C=S) groups is 2. The normalized spacial score (nSPS) is 5.42. The Morgan fingerprint density at radius 3 is 1.67 bits per heavy atom. The van der Waals surface area contributed by atoms with E-state index < -0.39 is 6.16 Å². The van der Waals surface area contributed by atoms with Crippen molar-refractivity contribution in [1.82, 2.24) is 5.43 Å². The van der Waals surface area contributed by atoms with Crippen LogP contribution in [0.4, 0.5) is 4.79 Å². The van der Waals surface area contributed by atoms with E-state index in [0.29, 0.717) is 0 Å². The van der Waals surface area contributed by atoms with Crippen LogP contribution in [0.2, 0.25) is 0 Å². The van der Waals surface area contributed by atoms with Crippen LogP contribution in [-0.2, 0) is 0 Å². The summed E-state index contributed by atoms with van der Waals surface area (Å²) in [6.45, 7) is 0. The van der Waals surface area contributed by atoms with Crippen LogP contribution in [0.5, 0.6) is 0 Å². The van der Waals surface area contributed by atoms with E-state index in [4.69, 9.17) is 26.2 Å². The van der Waals surface area contributed by atoms with Gasteiger partial charge in [-0.15, -0.1) is 0 Å². The molecule has 0 bridgehead atoms. The summed E-state index contributed by atoms with van der Waals surface area (Å²) < 4.78 is 0. The zero-order valence-corrected chi connectivity index (χ0v) is 7.41. The van der Waals surface area contributed by atoms with Crippen molar-refractivity contribution in [2.75, 3.05) is 0 Å². The van der Waals surface area contributed by atoms with Gasteiger partial charge in [0.05, 0.1) is 5.16 Å². The van der Waals surface area contributed by atoms with Gasteiger partial charge < -0.3 is 21.4 Å². The molecule has 0 saturated carbocycles. The van der Waals surface area contributed by atoms with Crippen molar-refractivity contribution < 1.29 is 15.0 Å². The molecule has 0 amide bonds. The SMILES string of the molecule is N=C=S.NNC(N)=S.O=C(O)O. The Morgan fingerprint density at radius 1 is 1.58 bits per heavy atom. The smallest absolute Gasteiger partial charge is 0.450 e. The van der Waals surface area contributed by atoms with Gasteiger partial charge in [0.25, 0.3) is 0 Å². The Balaban J connectivity index is -0.000000105. The van der Waals surface area contributed by atoms with E-state index in [-0.39, 0.29) is 5.11 Å². The first-order chi connectivity index (χ1) is 5.42. The van der Waals surface area contributed by atoms with Crippen LogP contribution in [-0.4, -0.2) is 26.6 Å². The highest BCUT2D eigenvalue weighted by atomic mass is 32.1. The molecule has 8 N–H and O–H groups in total. The maximum Gasteiger partial charge on any atom is 0.503 e. The Bertz CT molecular complexity index is 163. The average molecular weight is 212 g/mol. The quantitative estimate of drug-likeness (QED) is 0.137. The summed E-state index contributed by atoms with van der Waals surface area (Å²) >= 11 is 8.05. The highest BCUT2D eigenvalue weighted by molar-refractivity contribution is 7.80. The second-order valence-electron chi connectivity index (χ2n) is 0.893. The van der Waals surface area contributed by atoms with Gasteiger partial charge in [-0.2, -0.15) is 0 Å². The summed E-state index contributed by atoms with van der Waals surface area (Å²) in [5.74, 6) is 4.66. The van der Waals surface area contributed by atoms with E-state index in [9.17, 15) is 0 Å². The topological polar surface area (TPSA) is 145 Å². The Hall–Kier alpha value is -1.28. The third-order valence-corrected chi connectivity index (χ3v) is 0.260. The van der Waals surface area contributed by atoms with Crippen molar-refractivity contribution in [3.05, 3.63) is 0 Å². The third-order valence-electron chi connectivity index (χ3n) is 0.142. The van der Waals surface area contributed by atoms with E-state index in [1.807, 2.05) is 5.43 Å². The van der Waals surface area contributed by atoms with Crippen molar-refractivity contribution in [1.29, 1.82) is 5.41 Å². The summed E-state index contributed by atoms with van der Waals surface area (Å²) in [7, 11) is 0. The molecule has 70 valence electrons. The highest BCUT2D eigenvalue weighted by Gasteiger charge is 1.70. The monoisotopic (exact) mass is 212 g/mol. The number of hydrogen-bond acceptors (Lipinski definition) is 5. The molecule has 0 atom stereocenters. The van der Waals surface area contributed by atoms with Crippen LogP contribution in [0, 0.1) is 5.41 Å². The molecule has 0 spiro atoms. The molecule has 0 rings (SSSR count). The minimum absolute atomic E-state index is 0.116. The lowest BCUT2D eigenvalue weighted by molar-refractivity contribution is 0.137. The summed E-state index contributed by atoms with van der Waals surface area (Å²) in [6, 6.07) is 0. The van der Waals surface area contributed by atoms with Gasteiger partial charge in [0.2, 0.25) is 0 Å². The van der Waals surface area contributed by atoms with Crippen LogP contribution in [0.15, 0.2) is 0 Å². The van der Waals surface area contributed by atoms with Gasteiger partial charge in [0, 0.05) is 0 Å². The van der Waals surface area contributed by atoms with E-state index in [0.717, 1.165) is 0 Å². The molecule has 9 heteroatoms. The fourth-order valence-electron chi connectivity index (χ4n) is 0. The van der Waals surface area contributed by atoms with Crippen molar-refractivity contribution in [3.8, 4) is 0 Å². The molecule has 0 heterocycles. The Kier molecular flexibility index (Phi) is 23.2. The number of nitrogens with one attached hydrogen (secondary N) is 2. The fourth-order valence-corrected chi connectivity index (χ4v) is 0. The van der Waals surface area contributed by atoms with E-state index in [2.05, 4.69) is 30.3 Å². The van der Waals surface area contributed by atoms with Crippen molar-refractivity contribution in [3.63, 3.8) is 0 Å². The molecule has 0 unspecified atom stereocenters. The first-order valence-electron chi connectivity index (χ1n) is 2.14. The molecule has 0 fully saturated rings. The van der Waals surface area contributed by atoms with Crippen LogP contribution in [0.25, 0.3) is 0 Å². The van der Waals surface area contributed by atoms with Gasteiger partial charge in [-0.3, -0.25) is 0 Å². The Morgan fingerprint density at radius 2 is 1.67 bits per heavy atom. The summed E-state index contributed by atoms with van der Waals surface area (Å²) in [6.07, 6.45) is -1.83. The second-order valence-corrected chi connectivity index (χ2v) is 1.54. The Labute approximate surface area is 78.8 Å². The minimum atomic E-state index is -1.83. The number of nitrogens with two attached hydrogens (primary N) is 2. The van der Waals surface area contributed by atoms with Gasteiger partial charge >= 0.3 is 6.16 Å². The molecule has 0 radical (unpaired) electrons. The summed E-state index contributed by atoms with van der Waals surface area (Å²) in [5.41, 5.74) is 6.82. The molecule has 7 nitrogen and oxygen atoms in total. The molecule has 12 heavy (non-hydrogen) atoms. The number of hydrazine groups is 1. The zero-order valence-electron chi connectivity index (χ0n) is 5.77. The van der Waals surface area contributed by atoms with Crippen LogP contribution < -0.4 is 17.0 Å². The molecule has 0 aromatic carbocycles. The third kappa shape index (κ3) is 1000. The molecule has 0 aliphatic rings. The molecule has 0 aromatic rings. The van der Waals surface area contributed by atoms with E-state index in [1.165, 1.54) is 0 Å². The van der Waals surface area contributed by atoms with Gasteiger partial charge in [-0.25, -0.2) is 16.0 Å². The number of isothiocyanates is 1. The predicted molar refractivity (Wildman–Crippen MR) is 50.1 cm³/mol. The molecule has 0 saturated heterocycles. The maximum absolute atomic E-state index is 8.56. The second kappa shape index (κ2) is 16.4. The average Bonchev–Trinajstić information content (AvgIpc) is 1.88. The molecule has 0 aromatic heterocycles. The number of carboxylic acid groups (broad SMARTS) is 2. The van der Waals surface area contributed by atoms with E-state index >= 15 is 0 Å². The number of carbonyl (C=O) groups is 1. The lowest BCUT2D eigenvalue weighted by atomic mass is 11.2. The molecule has 0 aliphatic carbocycles. The number of rotatable bonds is 0. The lowest BCUT2D eigenvalue weighted by Gasteiger charge is -1.85. The van der Waals surface area contributed by atoms with Gasteiger partial charge in [-0.1, -0.05) is 0 Å². The minimum Gasteiger partial charge on any atom is -0.450 e. The summed E-state index contributed by atoms with van der Waals surface area (Å²) in [5, 5.41) is 21.4. The van der Waals surface area contributed by atoms with Gasteiger partial charge in [0.15, 0.2) is 5.11 Å². The van der Waals surface area contributed by atoms with Crippen molar-refractivity contribution in [2.45, 2.75) is 0 Å². The zero-order chi connectivity index (χ0) is 10.6. The highest BCUT2D eigenvalue weighted by Crippen LogP contribution is 1.42. The molecule has 0 aliphatic heterocycles. The van der Waals surface area contributed by atoms with Crippen LogP contribution >= 0.6 is 24.4 Å². The molecular weight excluding hydrogens is 204 g/mol. The maximum atomic E-state index is 8.56. The van der Waals surface area contributed by atoms with Gasteiger partial charge in [0.1, 0.15) is 0 Å². The predicted octanol–water partition coefficient (Wildman–Crippen LogP) is -0.416. The molecular formula is C3H8N4O3S2. The first kappa shape index (κ1) is 17.0. The largest absolute Gasteiger partial charge is 0.503 e. The summed E-state index contributed by atoms with van der Waals surface area (Å²) in [4.78, 5) is 8.56. The van der Waals surface area contributed by atoms with Gasteiger partial charge in [-0.05, 0) is 24.4 Å². The van der Waals surface area contributed by atoms with Crippen molar-refractivity contribution >= 4 is 40.9 Å². The standard InChI is InChI=1S/CH5N3S.CHNS.CH2O3/c2-1(5)4-3;2-1-3;2-1(3)4/h3H2,(H3,2,4,5);2H;(H2,2,3,4). The van der Waals surface area contributed by atoms with Crippen molar-refractivity contribution in [2.24, 2.45) is 11.6 Å². The lowest BCUT2D eigenvalue weighted by Crippen LogP contribution is -2.34. The first-order valence-corrected chi connectivity index (χ1v) is 2.95.